The van der Waals surface area contributed by atoms with Gasteiger partial charge in [0.15, 0.2) is 0 Å². The molecule has 0 aliphatic carbocycles. The van der Waals surface area contributed by atoms with Crippen molar-refractivity contribution >= 4 is 0 Å². The van der Waals surface area contributed by atoms with Gasteiger partial charge in [0.05, 0.1) is 18.5 Å². The third kappa shape index (κ3) is 1.44. The van der Waals surface area contributed by atoms with Gasteiger partial charge in [0.25, 0.3) is 0 Å². The molecular formula is C10H13N3O. The van der Waals surface area contributed by atoms with Crippen LogP contribution in [0.4, 0.5) is 0 Å². The summed E-state index contributed by atoms with van der Waals surface area (Å²) in [6.07, 6.45) is 3.49. The quantitative estimate of drug-likeness (QED) is 0.797. The van der Waals surface area contributed by atoms with E-state index in [1.165, 1.54) is 0 Å². The zero-order valence-corrected chi connectivity index (χ0v) is 8.32. The molecular weight excluding hydrogens is 178 g/mol. The van der Waals surface area contributed by atoms with Gasteiger partial charge in [-0.3, -0.25) is 4.68 Å². The number of rotatable bonds is 3. The van der Waals surface area contributed by atoms with E-state index in [2.05, 4.69) is 10.4 Å². The number of furan rings is 1. The Morgan fingerprint density at radius 3 is 3.00 bits per heavy atom. The van der Waals surface area contributed by atoms with Gasteiger partial charge in [0.2, 0.25) is 0 Å². The number of aromatic nitrogens is 2. The lowest BCUT2D eigenvalue weighted by Gasteiger charge is -2.02. The molecule has 0 radical (unpaired) electrons. The summed E-state index contributed by atoms with van der Waals surface area (Å²) in [5.41, 5.74) is 2.17. The first kappa shape index (κ1) is 9.02. The fourth-order valence-corrected chi connectivity index (χ4v) is 1.50. The molecule has 0 amide bonds. The summed E-state index contributed by atoms with van der Waals surface area (Å²) < 4.78 is 7.22. The van der Waals surface area contributed by atoms with Crippen LogP contribution in [0.15, 0.2) is 29.0 Å². The van der Waals surface area contributed by atoms with Crippen LogP contribution in [0.3, 0.4) is 0 Å². The molecule has 0 saturated carbocycles. The van der Waals surface area contributed by atoms with Crippen molar-refractivity contribution in [1.29, 1.82) is 0 Å². The predicted octanol–water partition coefficient (Wildman–Crippen LogP) is 1.40. The Bertz CT molecular complexity index is 416. The summed E-state index contributed by atoms with van der Waals surface area (Å²) in [6.45, 7) is 0.730. The van der Waals surface area contributed by atoms with E-state index < -0.39 is 0 Å². The van der Waals surface area contributed by atoms with Crippen molar-refractivity contribution in [2.45, 2.75) is 6.54 Å². The maximum absolute atomic E-state index is 5.38. The number of aryl methyl sites for hydroxylation is 1. The lowest BCUT2D eigenvalue weighted by atomic mass is 10.2. The third-order valence-corrected chi connectivity index (χ3v) is 2.18. The van der Waals surface area contributed by atoms with E-state index in [1.54, 1.807) is 12.5 Å². The molecule has 0 spiro atoms. The Balaban J connectivity index is 2.41. The average Bonchev–Trinajstić information content (AvgIpc) is 2.74. The zero-order chi connectivity index (χ0) is 9.97. The van der Waals surface area contributed by atoms with Crippen molar-refractivity contribution < 1.29 is 4.42 Å². The molecule has 0 aromatic carbocycles. The SMILES string of the molecule is CNCc1occc1-c1ccnn1C. The highest BCUT2D eigenvalue weighted by atomic mass is 16.3. The smallest absolute Gasteiger partial charge is 0.126 e. The summed E-state index contributed by atoms with van der Waals surface area (Å²) in [7, 11) is 3.82. The van der Waals surface area contributed by atoms with Crippen LogP contribution in [0.1, 0.15) is 5.76 Å². The molecule has 4 heteroatoms. The van der Waals surface area contributed by atoms with Crippen molar-refractivity contribution in [2.24, 2.45) is 7.05 Å². The van der Waals surface area contributed by atoms with Gasteiger partial charge in [-0.1, -0.05) is 0 Å². The predicted molar refractivity (Wildman–Crippen MR) is 53.7 cm³/mol. The van der Waals surface area contributed by atoms with E-state index in [9.17, 15) is 0 Å². The van der Waals surface area contributed by atoms with Gasteiger partial charge >= 0.3 is 0 Å². The van der Waals surface area contributed by atoms with Gasteiger partial charge in [0, 0.05) is 18.8 Å². The molecule has 0 fully saturated rings. The van der Waals surface area contributed by atoms with Gasteiger partial charge in [-0.05, 0) is 19.2 Å². The van der Waals surface area contributed by atoms with Crippen LogP contribution in [-0.4, -0.2) is 16.8 Å². The normalized spacial score (nSPS) is 10.7. The largest absolute Gasteiger partial charge is 0.467 e. The Labute approximate surface area is 82.5 Å². The molecule has 2 aromatic heterocycles. The second kappa shape index (κ2) is 3.67. The topological polar surface area (TPSA) is 43.0 Å². The fraction of sp³-hybridized carbons (Fsp3) is 0.300. The van der Waals surface area contributed by atoms with Crippen LogP contribution in [0.2, 0.25) is 0 Å². The summed E-state index contributed by atoms with van der Waals surface area (Å²) in [6, 6.07) is 3.94. The van der Waals surface area contributed by atoms with Crippen LogP contribution >= 0.6 is 0 Å². The van der Waals surface area contributed by atoms with E-state index in [0.29, 0.717) is 0 Å². The molecule has 0 atom stereocenters. The molecule has 2 heterocycles. The lowest BCUT2D eigenvalue weighted by molar-refractivity contribution is 0.496. The zero-order valence-electron chi connectivity index (χ0n) is 8.32. The Hall–Kier alpha value is -1.55. The number of hydrogen-bond donors (Lipinski definition) is 1. The molecule has 0 saturated heterocycles. The molecule has 1 N–H and O–H groups in total. The molecule has 0 bridgehead atoms. The summed E-state index contributed by atoms with van der Waals surface area (Å²) >= 11 is 0. The third-order valence-electron chi connectivity index (χ3n) is 2.18. The molecule has 74 valence electrons. The van der Waals surface area contributed by atoms with E-state index in [1.807, 2.05) is 30.9 Å². The fourth-order valence-electron chi connectivity index (χ4n) is 1.50. The highest BCUT2D eigenvalue weighted by Crippen LogP contribution is 2.23. The molecule has 0 unspecified atom stereocenters. The van der Waals surface area contributed by atoms with E-state index in [0.717, 1.165) is 23.6 Å². The van der Waals surface area contributed by atoms with Crippen LogP contribution in [-0.2, 0) is 13.6 Å². The molecule has 4 nitrogen and oxygen atoms in total. The minimum atomic E-state index is 0.730. The minimum Gasteiger partial charge on any atom is -0.467 e. The van der Waals surface area contributed by atoms with Crippen LogP contribution in [0.25, 0.3) is 11.3 Å². The first-order chi connectivity index (χ1) is 6.83. The van der Waals surface area contributed by atoms with E-state index >= 15 is 0 Å². The number of nitrogens with zero attached hydrogens (tertiary/aromatic N) is 2. The van der Waals surface area contributed by atoms with E-state index in [-0.39, 0.29) is 0 Å². The van der Waals surface area contributed by atoms with Crippen molar-refractivity contribution in [1.82, 2.24) is 15.1 Å². The Kier molecular flexibility index (Phi) is 2.37. The molecule has 2 rings (SSSR count). The second-order valence-corrected chi connectivity index (χ2v) is 3.13. The summed E-state index contributed by atoms with van der Waals surface area (Å²) in [5, 5.41) is 7.20. The number of nitrogens with one attached hydrogen (secondary N) is 1. The highest BCUT2D eigenvalue weighted by Gasteiger charge is 2.10. The van der Waals surface area contributed by atoms with Crippen molar-refractivity contribution in [2.75, 3.05) is 7.05 Å². The minimum absolute atomic E-state index is 0.730. The van der Waals surface area contributed by atoms with Crippen LogP contribution < -0.4 is 5.32 Å². The standard InChI is InChI=1S/C10H13N3O/c1-11-7-10-8(4-6-14-10)9-3-5-12-13(9)2/h3-6,11H,7H2,1-2H3. The maximum Gasteiger partial charge on any atom is 0.126 e. The molecule has 14 heavy (non-hydrogen) atoms. The first-order valence-corrected chi connectivity index (χ1v) is 4.52. The molecule has 0 aliphatic rings. The van der Waals surface area contributed by atoms with Gasteiger partial charge in [0.1, 0.15) is 5.76 Å². The van der Waals surface area contributed by atoms with Crippen LogP contribution in [0.5, 0.6) is 0 Å². The molecule has 0 aliphatic heterocycles. The average molecular weight is 191 g/mol. The van der Waals surface area contributed by atoms with Gasteiger partial charge in [-0.15, -0.1) is 0 Å². The van der Waals surface area contributed by atoms with Crippen molar-refractivity contribution in [3.8, 4) is 11.3 Å². The van der Waals surface area contributed by atoms with Crippen LogP contribution in [0, 0.1) is 0 Å². The van der Waals surface area contributed by atoms with Gasteiger partial charge in [-0.25, -0.2) is 0 Å². The van der Waals surface area contributed by atoms with Crippen molar-refractivity contribution in [3.05, 3.63) is 30.4 Å². The van der Waals surface area contributed by atoms with Gasteiger partial charge < -0.3 is 9.73 Å². The molecule has 2 aromatic rings. The highest BCUT2D eigenvalue weighted by molar-refractivity contribution is 5.61. The number of hydrogen-bond acceptors (Lipinski definition) is 3. The lowest BCUT2D eigenvalue weighted by Crippen LogP contribution is -2.05. The summed E-state index contributed by atoms with van der Waals surface area (Å²) in [5.74, 6) is 0.941. The van der Waals surface area contributed by atoms with Gasteiger partial charge in [-0.2, -0.15) is 5.10 Å². The first-order valence-electron chi connectivity index (χ1n) is 4.52. The summed E-state index contributed by atoms with van der Waals surface area (Å²) in [4.78, 5) is 0. The Morgan fingerprint density at radius 1 is 1.50 bits per heavy atom. The maximum atomic E-state index is 5.38. The van der Waals surface area contributed by atoms with Crippen molar-refractivity contribution in [3.63, 3.8) is 0 Å². The Morgan fingerprint density at radius 2 is 2.36 bits per heavy atom. The second-order valence-electron chi connectivity index (χ2n) is 3.13. The monoisotopic (exact) mass is 191 g/mol. The van der Waals surface area contributed by atoms with E-state index in [4.69, 9.17) is 4.42 Å².